The smallest absolute Gasteiger partial charge is 0.0828 e. The zero-order valence-electron chi connectivity index (χ0n) is 11.1. The van der Waals surface area contributed by atoms with E-state index in [1.807, 2.05) is 28.8 Å². The van der Waals surface area contributed by atoms with Gasteiger partial charge in [-0.1, -0.05) is 13.8 Å². The minimum Gasteiger partial charge on any atom is -0.270 e. The second-order valence-electron chi connectivity index (χ2n) is 4.45. The van der Waals surface area contributed by atoms with E-state index in [0.29, 0.717) is 0 Å². The average molecular weight is 267 g/mol. The number of hydrogen-bond acceptors (Lipinski definition) is 2. The molecule has 0 bridgehead atoms. The van der Waals surface area contributed by atoms with Crippen LogP contribution in [0.4, 0.5) is 0 Å². The van der Waals surface area contributed by atoms with Crippen molar-refractivity contribution in [2.24, 2.45) is 7.05 Å². The molecule has 0 aromatic carbocycles. The maximum absolute atomic E-state index is 6.19. The van der Waals surface area contributed by atoms with Gasteiger partial charge in [-0.25, -0.2) is 0 Å². The molecule has 5 heteroatoms. The molecule has 0 N–H and O–H groups in total. The third kappa shape index (κ3) is 2.75. The van der Waals surface area contributed by atoms with Gasteiger partial charge in [0.1, 0.15) is 0 Å². The molecule has 1 atom stereocenters. The van der Waals surface area contributed by atoms with Crippen LogP contribution in [0.1, 0.15) is 42.6 Å². The number of hydrogen-bond donors (Lipinski definition) is 0. The van der Waals surface area contributed by atoms with Crippen molar-refractivity contribution in [3.63, 3.8) is 0 Å². The lowest BCUT2D eigenvalue weighted by molar-refractivity contribution is 0.617. The Kier molecular flexibility index (Phi) is 4.07. The predicted molar refractivity (Wildman–Crippen MR) is 72.8 cm³/mol. The summed E-state index contributed by atoms with van der Waals surface area (Å²) >= 11 is 6.19. The summed E-state index contributed by atoms with van der Waals surface area (Å²) in [7, 11) is 1.97. The van der Waals surface area contributed by atoms with Crippen LogP contribution in [0.15, 0.2) is 18.5 Å². The zero-order valence-corrected chi connectivity index (χ0v) is 11.9. The summed E-state index contributed by atoms with van der Waals surface area (Å²) in [5.41, 5.74) is 3.35. The quantitative estimate of drug-likeness (QED) is 0.780. The van der Waals surface area contributed by atoms with Gasteiger partial charge >= 0.3 is 0 Å². The van der Waals surface area contributed by atoms with Crippen LogP contribution in [0.3, 0.4) is 0 Å². The summed E-state index contributed by atoms with van der Waals surface area (Å²) in [6.45, 7) is 4.91. The molecule has 4 nitrogen and oxygen atoms in total. The van der Waals surface area contributed by atoms with Gasteiger partial charge in [0.15, 0.2) is 0 Å². The van der Waals surface area contributed by atoms with Crippen LogP contribution in [0.5, 0.6) is 0 Å². The normalized spacial score (nSPS) is 12.9. The van der Waals surface area contributed by atoms with Gasteiger partial charge in [0.05, 0.1) is 29.5 Å². The van der Waals surface area contributed by atoms with E-state index in [0.717, 1.165) is 36.3 Å². The minimum absolute atomic E-state index is 0.0523. The van der Waals surface area contributed by atoms with Crippen molar-refractivity contribution >= 4 is 11.6 Å². The van der Waals surface area contributed by atoms with Crippen molar-refractivity contribution in [2.75, 3.05) is 0 Å². The Balaban J connectivity index is 2.13. The molecule has 0 saturated carbocycles. The molecule has 2 heterocycles. The first-order chi connectivity index (χ1) is 8.63. The first-order valence-electron chi connectivity index (χ1n) is 6.32. The number of nitrogens with zero attached hydrogens (tertiary/aromatic N) is 4. The monoisotopic (exact) mass is 266 g/mol. The van der Waals surface area contributed by atoms with Gasteiger partial charge < -0.3 is 0 Å². The third-order valence-electron chi connectivity index (χ3n) is 3.09. The molecule has 0 aliphatic heterocycles. The largest absolute Gasteiger partial charge is 0.270 e. The van der Waals surface area contributed by atoms with Gasteiger partial charge in [-0.2, -0.15) is 10.2 Å². The Morgan fingerprint density at radius 1 is 1.39 bits per heavy atom. The van der Waals surface area contributed by atoms with Crippen molar-refractivity contribution in [1.29, 1.82) is 0 Å². The lowest BCUT2D eigenvalue weighted by atomic mass is 10.2. The lowest BCUT2D eigenvalue weighted by Crippen LogP contribution is -2.05. The Morgan fingerprint density at radius 2 is 2.17 bits per heavy atom. The van der Waals surface area contributed by atoms with Crippen LogP contribution in [0.25, 0.3) is 0 Å². The van der Waals surface area contributed by atoms with Crippen molar-refractivity contribution < 1.29 is 0 Å². The molecular weight excluding hydrogens is 248 g/mol. The fourth-order valence-electron chi connectivity index (χ4n) is 1.92. The van der Waals surface area contributed by atoms with E-state index >= 15 is 0 Å². The molecule has 0 saturated heterocycles. The van der Waals surface area contributed by atoms with Gasteiger partial charge in [0.2, 0.25) is 0 Å². The standard InChI is InChI=1S/C13H19ClN4/c1-4-11-6-12(17(3)16-11)9-18-8-10(7-15-18)13(14)5-2/h6-8,13H,4-5,9H2,1-3H3. The number of aryl methyl sites for hydroxylation is 2. The maximum atomic E-state index is 6.19. The van der Waals surface area contributed by atoms with Gasteiger partial charge in [-0.15, -0.1) is 11.6 Å². The van der Waals surface area contributed by atoms with Crippen LogP contribution < -0.4 is 0 Å². The van der Waals surface area contributed by atoms with E-state index in [1.165, 1.54) is 0 Å². The highest BCUT2D eigenvalue weighted by molar-refractivity contribution is 6.20. The summed E-state index contributed by atoms with van der Waals surface area (Å²) in [4.78, 5) is 0. The van der Waals surface area contributed by atoms with E-state index < -0.39 is 0 Å². The van der Waals surface area contributed by atoms with Crippen molar-refractivity contribution in [3.8, 4) is 0 Å². The van der Waals surface area contributed by atoms with Gasteiger partial charge in [0.25, 0.3) is 0 Å². The molecule has 2 rings (SSSR count). The number of halogens is 1. The SMILES string of the molecule is CCc1cc(Cn2cc(C(Cl)CC)cn2)n(C)n1. The second kappa shape index (κ2) is 5.57. The van der Waals surface area contributed by atoms with E-state index in [2.05, 4.69) is 30.1 Å². The molecule has 2 aromatic heterocycles. The Bertz CT molecular complexity index is 515. The summed E-state index contributed by atoms with van der Waals surface area (Å²) in [6, 6.07) is 2.12. The van der Waals surface area contributed by atoms with Crippen molar-refractivity contribution in [2.45, 2.75) is 38.6 Å². The van der Waals surface area contributed by atoms with E-state index in [9.17, 15) is 0 Å². The van der Waals surface area contributed by atoms with Crippen LogP contribution >= 0.6 is 11.6 Å². The second-order valence-corrected chi connectivity index (χ2v) is 4.98. The summed E-state index contributed by atoms with van der Waals surface area (Å²) in [5, 5.41) is 8.83. The molecule has 2 aromatic rings. The molecule has 0 amide bonds. The van der Waals surface area contributed by atoms with Crippen LogP contribution in [-0.2, 0) is 20.0 Å². The lowest BCUT2D eigenvalue weighted by Gasteiger charge is -2.03. The Hall–Kier alpha value is -1.29. The molecule has 18 heavy (non-hydrogen) atoms. The molecule has 0 radical (unpaired) electrons. The number of aromatic nitrogens is 4. The first kappa shape index (κ1) is 13.1. The average Bonchev–Trinajstić information content (AvgIpc) is 2.97. The molecule has 0 fully saturated rings. The maximum Gasteiger partial charge on any atom is 0.0828 e. The number of rotatable bonds is 5. The van der Waals surface area contributed by atoms with E-state index in [4.69, 9.17) is 11.6 Å². The molecule has 0 spiro atoms. The van der Waals surface area contributed by atoms with E-state index in [1.54, 1.807) is 0 Å². The topological polar surface area (TPSA) is 35.6 Å². The molecule has 1 unspecified atom stereocenters. The van der Waals surface area contributed by atoms with E-state index in [-0.39, 0.29) is 5.38 Å². The molecule has 0 aliphatic carbocycles. The fourth-order valence-corrected chi connectivity index (χ4v) is 2.03. The van der Waals surface area contributed by atoms with Crippen molar-refractivity contribution in [1.82, 2.24) is 19.6 Å². The van der Waals surface area contributed by atoms with Crippen molar-refractivity contribution in [3.05, 3.63) is 35.4 Å². The van der Waals surface area contributed by atoms with Crippen LogP contribution in [0.2, 0.25) is 0 Å². The molecule has 98 valence electrons. The Labute approximate surface area is 113 Å². The third-order valence-corrected chi connectivity index (χ3v) is 3.65. The Morgan fingerprint density at radius 3 is 2.78 bits per heavy atom. The van der Waals surface area contributed by atoms with Crippen LogP contribution in [-0.4, -0.2) is 19.6 Å². The first-order valence-corrected chi connectivity index (χ1v) is 6.75. The predicted octanol–water partition coefficient (Wildman–Crippen LogP) is 2.92. The number of alkyl halides is 1. The molecular formula is C13H19ClN4. The van der Waals surface area contributed by atoms with Gasteiger partial charge in [-0.3, -0.25) is 9.36 Å². The summed E-state index contributed by atoms with van der Waals surface area (Å²) < 4.78 is 3.83. The summed E-state index contributed by atoms with van der Waals surface area (Å²) in [5.74, 6) is 0. The fraction of sp³-hybridized carbons (Fsp3) is 0.538. The van der Waals surface area contributed by atoms with Gasteiger partial charge in [-0.05, 0) is 18.9 Å². The highest BCUT2D eigenvalue weighted by Crippen LogP contribution is 2.22. The highest BCUT2D eigenvalue weighted by atomic mass is 35.5. The highest BCUT2D eigenvalue weighted by Gasteiger charge is 2.09. The molecule has 0 aliphatic rings. The van der Waals surface area contributed by atoms with Crippen LogP contribution in [0, 0.1) is 0 Å². The minimum atomic E-state index is 0.0523. The summed E-state index contributed by atoms with van der Waals surface area (Å²) in [6.07, 6.45) is 5.73. The zero-order chi connectivity index (χ0) is 13.1. The van der Waals surface area contributed by atoms with Gasteiger partial charge in [0, 0.05) is 18.8 Å².